The fraction of sp³-hybridized carbons (Fsp3) is 0.421. The lowest BCUT2D eigenvalue weighted by atomic mass is 10.2. The Hall–Kier alpha value is -2.59. The van der Waals surface area contributed by atoms with E-state index >= 15 is 0 Å². The molecule has 11 heteroatoms. The summed E-state index contributed by atoms with van der Waals surface area (Å²) in [5.41, 5.74) is 0.702. The van der Waals surface area contributed by atoms with Crippen molar-refractivity contribution in [2.75, 3.05) is 12.5 Å². The summed E-state index contributed by atoms with van der Waals surface area (Å²) in [7, 11) is 0. The molecule has 0 unspecified atom stereocenters. The van der Waals surface area contributed by atoms with Crippen molar-refractivity contribution >= 4 is 35.5 Å². The Kier molecular flexibility index (Phi) is 7.33. The summed E-state index contributed by atoms with van der Waals surface area (Å²) in [5, 5.41) is 18.9. The van der Waals surface area contributed by atoms with Gasteiger partial charge >= 0.3 is 12.1 Å². The number of nitrogens with zero attached hydrogens (tertiary/aromatic N) is 2. The first kappa shape index (κ1) is 22.1. The van der Waals surface area contributed by atoms with Crippen LogP contribution in [0.25, 0.3) is 0 Å². The first-order valence-electron chi connectivity index (χ1n) is 9.31. The molecule has 3 rings (SSSR count). The lowest BCUT2D eigenvalue weighted by Crippen LogP contribution is -2.12. The monoisotopic (exact) mass is 456 g/mol. The molecule has 0 saturated heterocycles. The Labute approximate surface area is 181 Å². The number of carboxylic acids is 1. The van der Waals surface area contributed by atoms with Gasteiger partial charge in [0.05, 0.1) is 6.54 Å². The van der Waals surface area contributed by atoms with Gasteiger partial charge in [0.15, 0.2) is 16.5 Å². The van der Waals surface area contributed by atoms with Crippen molar-refractivity contribution in [3.05, 3.63) is 28.5 Å². The SMILES string of the molecule is CCCc1nc(SCCCC(=O)O)c(OC(=O)O)n1Cc1cc2c(cc1Cl)OCO2. The molecule has 0 radical (unpaired) electrons. The van der Waals surface area contributed by atoms with Gasteiger partial charge < -0.3 is 24.4 Å². The van der Waals surface area contributed by atoms with Crippen LogP contribution in [0.3, 0.4) is 0 Å². The highest BCUT2D eigenvalue weighted by Crippen LogP contribution is 2.38. The van der Waals surface area contributed by atoms with Gasteiger partial charge in [-0.15, -0.1) is 11.8 Å². The van der Waals surface area contributed by atoms with E-state index in [0.29, 0.717) is 51.5 Å². The maximum Gasteiger partial charge on any atom is 0.512 e. The number of aryl methyl sites for hydroxylation is 1. The summed E-state index contributed by atoms with van der Waals surface area (Å²) in [6.07, 6.45) is 0.395. The lowest BCUT2D eigenvalue weighted by molar-refractivity contribution is -0.137. The number of benzene rings is 1. The molecule has 9 nitrogen and oxygen atoms in total. The second-order valence-electron chi connectivity index (χ2n) is 6.49. The first-order chi connectivity index (χ1) is 14.4. The van der Waals surface area contributed by atoms with Gasteiger partial charge in [0.1, 0.15) is 5.82 Å². The van der Waals surface area contributed by atoms with Crippen molar-refractivity contribution in [3.63, 3.8) is 0 Å². The molecule has 2 aromatic rings. The number of carbonyl (C=O) groups is 2. The van der Waals surface area contributed by atoms with E-state index in [1.54, 1.807) is 16.7 Å². The number of aliphatic carboxylic acids is 1. The van der Waals surface area contributed by atoms with Crippen molar-refractivity contribution < 1.29 is 34.0 Å². The van der Waals surface area contributed by atoms with Crippen LogP contribution in [-0.2, 0) is 17.8 Å². The summed E-state index contributed by atoms with van der Waals surface area (Å²) in [5.74, 6) is 1.46. The summed E-state index contributed by atoms with van der Waals surface area (Å²) in [6, 6.07) is 3.42. The van der Waals surface area contributed by atoms with Crippen molar-refractivity contribution in [2.45, 2.75) is 44.2 Å². The maximum atomic E-state index is 11.3. The van der Waals surface area contributed by atoms with E-state index in [4.69, 9.17) is 30.9 Å². The number of ether oxygens (including phenoxy) is 3. The van der Waals surface area contributed by atoms with E-state index in [2.05, 4.69) is 4.98 Å². The van der Waals surface area contributed by atoms with Crippen LogP contribution in [0.15, 0.2) is 17.2 Å². The number of carboxylic acid groups (broad SMARTS) is 2. The molecule has 0 bridgehead atoms. The summed E-state index contributed by atoms with van der Waals surface area (Å²) < 4.78 is 17.5. The quantitative estimate of drug-likeness (QED) is 0.306. The second kappa shape index (κ2) is 9.94. The summed E-state index contributed by atoms with van der Waals surface area (Å²) in [6.45, 7) is 2.34. The molecule has 2 heterocycles. The number of hydrogen-bond acceptors (Lipinski definition) is 7. The predicted molar refractivity (Wildman–Crippen MR) is 109 cm³/mol. The van der Waals surface area contributed by atoms with E-state index in [9.17, 15) is 14.7 Å². The molecule has 162 valence electrons. The Morgan fingerprint density at radius 3 is 2.70 bits per heavy atom. The van der Waals surface area contributed by atoms with Crippen molar-refractivity contribution in [2.24, 2.45) is 0 Å². The number of imidazole rings is 1. The van der Waals surface area contributed by atoms with Crippen LogP contribution >= 0.6 is 23.4 Å². The van der Waals surface area contributed by atoms with Crippen molar-refractivity contribution in [1.29, 1.82) is 0 Å². The normalized spacial score (nSPS) is 12.2. The minimum Gasteiger partial charge on any atom is -0.481 e. The third-order valence-electron chi connectivity index (χ3n) is 4.27. The summed E-state index contributed by atoms with van der Waals surface area (Å²) >= 11 is 7.66. The average molecular weight is 457 g/mol. The van der Waals surface area contributed by atoms with Crippen LogP contribution in [0, 0.1) is 0 Å². The zero-order valence-electron chi connectivity index (χ0n) is 16.2. The largest absolute Gasteiger partial charge is 0.512 e. The molecule has 0 atom stereocenters. The average Bonchev–Trinajstić information content (AvgIpc) is 3.24. The van der Waals surface area contributed by atoms with Crippen LogP contribution in [0.2, 0.25) is 5.02 Å². The number of aromatic nitrogens is 2. The van der Waals surface area contributed by atoms with Gasteiger partial charge in [0.2, 0.25) is 12.7 Å². The smallest absolute Gasteiger partial charge is 0.481 e. The highest BCUT2D eigenvalue weighted by atomic mass is 35.5. The molecule has 1 aromatic carbocycles. The molecule has 1 aliphatic rings. The van der Waals surface area contributed by atoms with Crippen LogP contribution < -0.4 is 14.2 Å². The highest BCUT2D eigenvalue weighted by molar-refractivity contribution is 7.99. The molecule has 0 saturated carbocycles. The zero-order chi connectivity index (χ0) is 21.7. The molecule has 0 spiro atoms. The van der Waals surface area contributed by atoms with Crippen LogP contribution in [0.5, 0.6) is 17.4 Å². The Balaban J connectivity index is 1.92. The lowest BCUT2D eigenvalue weighted by Gasteiger charge is -2.13. The van der Waals surface area contributed by atoms with E-state index in [0.717, 1.165) is 6.42 Å². The van der Waals surface area contributed by atoms with E-state index in [1.807, 2.05) is 6.92 Å². The van der Waals surface area contributed by atoms with Gasteiger partial charge in [-0.05, 0) is 24.5 Å². The minimum absolute atomic E-state index is 0.0252. The van der Waals surface area contributed by atoms with Crippen molar-refractivity contribution in [3.8, 4) is 17.4 Å². The topological polar surface area (TPSA) is 120 Å². The molecule has 30 heavy (non-hydrogen) atoms. The number of hydrogen-bond donors (Lipinski definition) is 2. The number of halogens is 1. The minimum atomic E-state index is -1.46. The number of rotatable bonds is 10. The maximum absolute atomic E-state index is 11.3. The molecule has 2 N–H and O–H groups in total. The van der Waals surface area contributed by atoms with Gasteiger partial charge in [0.25, 0.3) is 0 Å². The zero-order valence-corrected chi connectivity index (χ0v) is 17.8. The molecule has 1 aliphatic heterocycles. The standard InChI is InChI=1S/C19H21ClN2O7S/c1-2-4-15-21-17(30-6-3-5-16(23)24)18(29-19(25)26)22(15)9-11-7-13-14(8-12(11)20)28-10-27-13/h7-8H,2-6,9-10H2,1H3,(H,23,24)(H,25,26). The van der Waals surface area contributed by atoms with Crippen LogP contribution in [0.4, 0.5) is 4.79 Å². The van der Waals surface area contributed by atoms with Gasteiger partial charge in [0, 0.05) is 29.7 Å². The molecular weight excluding hydrogens is 436 g/mol. The predicted octanol–water partition coefficient (Wildman–Crippen LogP) is 4.28. The molecule has 0 aliphatic carbocycles. The molecular formula is C19H21ClN2O7S. The van der Waals surface area contributed by atoms with Crippen LogP contribution in [-0.4, -0.2) is 44.4 Å². The number of thioether (sulfide) groups is 1. The van der Waals surface area contributed by atoms with E-state index in [-0.39, 0.29) is 25.6 Å². The van der Waals surface area contributed by atoms with Gasteiger partial charge in [-0.25, -0.2) is 9.78 Å². The first-order valence-corrected chi connectivity index (χ1v) is 10.7. The van der Waals surface area contributed by atoms with E-state index in [1.165, 1.54) is 11.8 Å². The van der Waals surface area contributed by atoms with Gasteiger partial charge in [-0.2, -0.15) is 0 Å². The molecule has 1 aromatic heterocycles. The Morgan fingerprint density at radius 2 is 2.03 bits per heavy atom. The third-order valence-corrected chi connectivity index (χ3v) is 5.66. The number of fused-ring (bicyclic) bond motifs is 1. The fourth-order valence-corrected chi connectivity index (χ4v) is 4.09. The third kappa shape index (κ3) is 5.31. The highest BCUT2D eigenvalue weighted by Gasteiger charge is 2.23. The molecule has 0 amide bonds. The summed E-state index contributed by atoms with van der Waals surface area (Å²) in [4.78, 5) is 26.6. The van der Waals surface area contributed by atoms with Crippen molar-refractivity contribution in [1.82, 2.24) is 9.55 Å². The van der Waals surface area contributed by atoms with E-state index < -0.39 is 12.1 Å². The van der Waals surface area contributed by atoms with Crippen LogP contribution in [0.1, 0.15) is 37.6 Å². The van der Waals surface area contributed by atoms with Gasteiger partial charge in [-0.3, -0.25) is 9.36 Å². The molecule has 0 fully saturated rings. The second-order valence-corrected chi connectivity index (χ2v) is 7.98. The Bertz CT molecular complexity index is 947. The fourth-order valence-electron chi connectivity index (χ4n) is 2.95. The Morgan fingerprint density at radius 1 is 1.30 bits per heavy atom. The van der Waals surface area contributed by atoms with Gasteiger partial charge in [-0.1, -0.05) is 18.5 Å².